The number of hydrogen-bond acceptors (Lipinski definition) is 5. The monoisotopic (exact) mass is 161 g/mol. The van der Waals surface area contributed by atoms with E-state index in [2.05, 4.69) is 5.32 Å². The van der Waals surface area contributed by atoms with Crippen LogP contribution in [-0.2, 0) is 4.79 Å². The van der Waals surface area contributed by atoms with E-state index in [1.807, 2.05) is 0 Å². The number of carbonyl (C=O) groups is 1. The van der Waals surface area contributed by atoms with Crippen molar-refractivity contribution in [1.82, 2.24) is 5.32 Å². The van der Waals surface area contributed by atoms with E-state index in [1.54, 1.807) is 0 Å². The third-order valence-corrected chi connectivity index (χ3v) is 1.84. The maximum atomic E-state index is 10.3. The Kier molecular flexibility index (Phi) is 2.24. The summed E-state index contributed by atoms with van der Waals surface area (Å²) in [5, 5.41) is 29.8. The molecule has 0 aromatic carbocycles. The lowest BCUT2D eigenvalue weighted by Gasteiger charge is -2.36. The lowest BCUT2D eigenvalue weighted by atomic mass is 9.96. The van der Waals surface area contributed by atoms with Gasteiger partial charge in [-0.2, -0.15) is 0 Å². The highest BCUT2D eigenvalue weighted by Gasteiger charge is 2.42. The molecule has 64 valence electrons. The Hall–Kier alpha value is -0.490. The molecule has 0 aliphatic carbocycles. The van der Waals surface area contributed by atoms with Gasteiger partial charge in [-0.1, -0.05) is 0 Å². The van der Waals surface area contributed by atoms with Gasteiger partial charge < -0.3 is 15.3 Å². The Balaban J connectivity index is 2.72. The van der Waals surface area contributed by atoms with Gasteiger partial charge in [0, 0.05) is 6.54 Å². The van der Waals surface area contributed by atoms with E-state index >= 15 is 0 Å². The number of carbonyl (C=O) groups excluding carboxylic acids is 1. The lowest BCUT2D eigenvalue weighted by Crippen LogP contribution is -2.64. The van der Waals surface area contributed by atoms with Crippen molar-refractivity contribution in [2.45, 2.75) is 24.4 Å². The first kappa shape index (κ1) is 8.61. The zero-order chi connectivity index (χ0) is 8.48. The van der Waals surface area contributed by atoms with Crippen LogP contribution in [0.25, 0.3) is 0 Å². The van der Waals surface area contributed by atoms with E-state index in [4.69, 9.17) is 10.2 Å². The second kappa shape index (κ2) is 2.86. The Morgan fingerprint density at radius 2 is 2.18 bits per heavy atom. The summed E-state index contributed by atoms with van der Waals surface area (Å²) in [6.07, 6.45) is -1.95. The van der Waals surface area contributed by atoms with Crippen LogP contribution >= 0.6 is 0 Å². The molecule has 1 aliphatic rings. The van der Waals surface area contributed by atoms with Crippen LogP contribution in [0.15, 0.2) is 0 Å². The molecule has 1 fully saturated rings. The first-order chi connectivity index (χ1) is 5.10. The average Bonchev–Trinajstić information content (AvgIpc) is 2.00. The molecule has 1 saturated heterocycles. The molecule has 1 rings (SSSR count). The Bertz CT molecular complexity index is 163. The van der Waals surface area contributed by atoms with Crippen LogP contribution in [0.2, 0.25) is 0 Å². The molecule has 1 heterocycles. The molecule has 0 spiro atoms. The molecule has 0 saturated carbocycles. The number of aliphatic hydroxyl groups is 3. The number of nitrogens with one attached hydrogen (secondary N) is 1. The van der Waals surface area contributed by atoms with Crippen LogP contribution < -0.4 is 5.32 Å². The maximum absolute atomic E-state index is 10.3. The highest BCUT2D eigenvalue weighted by Crippen LogP contribution is 2.15. The van der Waals surface area contributed by atoms with Crippen molar-refractivity contribution in [1.29, 1.82) is 0 Å². The zero-order valence-electron chi connectivity index (χ0n) is 5.90. The maximum Gasteiger partial charge on any atom is 0.201 e. The van der Waals surface area contributed by atoms with E-state index in [0.717, 1.165) is 0 Å². The van der Waals surface area contributed by atoms with Gasteiger partial charge in [0.2, 0.25) is 5.72 Å². The van der Waals surface area contributed by atoms with Gasteiger partial charge in [0.05, 0.1) is 6.10 Å². The smallest absolute Gasteiger partial charge is 0.201 e. The molecule has 4 N–H and O–H groups in total. The quantitative estimate of drug-likeness (QED) is 0.322. The van der Waals surface area contributed by atoms with Crippen LogP contribution in [0.5, 0.6) is 0 Å². The van der Waals surface area contributed by atoms with E-state index in [-0.39, 0.29) is 6.29 Å². The summed E-state index contributed by atoms with van der Waals surface area (Å²) in [5.74, 6) is 0. The minimum absolute atomic E-state index is 0.194. The normalized spacial score (nSPS) is 45.4. The van der Waals surface area contributed by atoms with Crippen LogP contribution in [0.1, 0.15) is 6.42 Å². The predicted molar refractivity (Wildman–Crippen MR) is 35.6 cm³/mol. The zero-order valence-corrected chi connectivity index (χ0v) is 5.90. The van der Waals surface area contributed by atoms with E-state index < -0.39 is 17.9 Å². The molecule has 0 bridgehead atoms. The predicted octanol–water partition coefficient (Wildman–Crippen LogP) is -2.41. The highest BCUT2D eigenvalue weighted by molar-refractivity contribution is 5.63. The summed E-state index contributed by atoms with van der Waals surface area (Å²) >= 11 is 0. The molecule has 1 aliphatic heterocycles. The van der Waals surface area contributed by atoms with Gasteiger partial charge in [-0.25, -0.2) is 0 Å². The van der Waals surface area contributed by atoms with Gasteiger partial charge in [-0.3, -0.25) is 10.1 Å². The minimum atomic E-state index is -1.97. The fraction of sp³-hybridized carbons (Fsp3) is 0.833. The first-order valence-corrected chi connectivity index (χ1v) is 3.40. The van der Waals surface area contributed by atoms with Crippen molar-refractivity contribution in [3.63, 3.8) is 0 Å². The number of aliphatic hydroxyl groups excluding tert-OH is 2. The molecular formula is C6H11NO4. The molecule has 0 radical (unpaired) electrons. The van der Waals surface area contributed by atoms with E-state index in [9.17, 15) is 9.90 Å². The molecule has 0 aromatic rings. The Labute approximate surface area is 63.7 Å². The van der Waals surface area contributed by atoms with E-state index in [1.165, 1.54) is 0 Å². The number of piperidine rings is 1. The summed E-state index contributed by atoms with van der Waals surface area (Å²) in [5.41, 5.74) is -1.97. The fourth-order valence-electron chi connectivity index (χ4n) is 1.09. The van der Waals surface area contributed by atoms with Gasteiger partial charge in [-0.15, -0.1) is 0 Å². The second-order valence-corrected chi connectivity index (χ2v) is 2.67. The van der Waals surface area contributed by atoms with Crippen molar-refractivity contribution < 1.29 is 20.1 Å². The first-order valence-electron chi connectivity index (χ1n) is 3.40. The summed E-state index contributed by atoms with van der Waals surface area (Å²) in [4.78, 5) is 10.3. The summed E-state index contributed by atoms with van der Waals surface area (Å²) < 4.78 is 0. The van der Waals surface area contributed by atoms with E-state index in [0.29, 0.717) is 13.0 Å². The second-order valence-electron chi connectivity index (χ2n) is 2.67. The molecule has 11 heavy (non-hydrogen) atoms. The highest BCUT2D eigenvalue weighted by atomic mass is 16.4. The van der Waals surface area contributed by atoms with Gasteiger partial charge in [0.15, 0.2) is 6.29 Å². The van der Waals surface area contributed by atoms with Crippen molar-refractivity contribution in [2.75, 3.05) is 6.54 Å². The largest absolute Gasteiger partial charge is 0.390 e. The van der Waals surface area contributed by atoms with Crippen LogP contribution in [0, 0.1) is 0 Å². The third-order valence-electron chi connectivity index (χ3n) is 1.84. The Morgan fingerprint density at radius 1 is 1.55 bits per heavy atom. The van der Waals surface area contributed by atoms with Gasteiger partial charge in [-0.05, 0) is 6.42 Å². The van der Waals surface area contributed by atoms with Crippen LogP contribution in [0.3, 0.4) is 0 Å². The summed E-state index contributed by atoms with van der Waals surface area (Å²) in [6.45, 7) is 0.313. The number of hydrogen-bond donors (Lipinski definition) is 4. The molecule has 3 unspecified atom stereocenters. The third kappa shape index (κ3) is 1.41. The van der Waals surface area contributed by atoms with Crippen LogP contribution in [-0.4, -0.2) is 46.1 Å². The molecule has 0 amide bonds. The molecular weight excluding hydrogens is 150 g/mol. The van der Waals surface area contributed by atoms with Gasteiger partial charge in [0.1, 0.15) is 6.10 Å². The summed E-state index contributed by atoms with van der Waals surface area (Å²) in [7, 11) is 0. The molecule has 0 aromatic heterocycles. The van der Waals surface area contributed by atoms with Crippen molar-refractivity contribution >= 4 is 6.29 Å². The summed E-state index contributed by atoms with van der Waals surface area (Å²) in [6, 6.07) is 0. The molecule has 3 atom stereocenters. The standard InChI is InChI=1S/C6H11NO4/c8-3-6(11)5(10)4(9)1-2-7-6/h3-5,7,9-11H,1-2H2. The SMILES string of the molecule is O=CC1(O)NCCC(O)C1O. The lowest BCUT2D eigenvalue weighted by molar-refractivity contribution is -0.168. The number of aldehydes is 1. The number of rotatable bonds is 1. The van der Waals surface area contributed by atoms with Crippen molar-refractivity contribution in [3.8, 4) is 0 Å². The minimum Gasteiger partial charge on any atom is -0.390 e. The van der Waals surface area contributed by atoms with Gasteiger partial charge in [0.25, 0.3) is 0 Å². The van der Waals surface area contributed by atoms with Gasteiger partial charge >= 0.3 is 0 Å². The van der Waals surface area contributed by atoms with Crippen LogP contribution in [0.4, 0.5) is 0 Å². The Morgan fingerprint density at radius 3 is 2.64 bits per heavy atom. The topological polar surface area (TPSA) is 89.8 Å². The molecule has 5 heteroatoms. The van der Waals surface area contributed by atoms with Crippen molar-refractivity contribution in [3.05, 3.63) is 0 Å². The fourth-order valence-corrected chi connectivity index (χ4v) is 1.09. The van der Waals surface area contributed by atoms with Crippen molar-refractivity contribution in [2.24, 2.45) is 0 Å². The average molecular weight is 161 g/mol. The molecule has 5 nitrogen and oxygen atoms in total.